The van der Waals surface area contributed by atoms with Crippen LogP contribution in [0.2, 0.25) is 0 Å². The second-order valence-electron chi connectivity index (χ2n) is 8.48. The lowest BCUT2D eigenvalue weighted by Gasteiger charge is -2.17. The van der Waals surface area contributed by atoms with E-state index in [9.17, 15) is 18.3 Å². The van der Waals surface area contributed by atoms with Gasteiger partial charge in [-0.25, -0.2) is 13.2 Å². The molecule has 0 spiro atoms. The van der Waals surface area contributed by atoms with E-state index in [0.717, 1.165) is 19.1 Å². The van der Waals surface area contributed by atoms with Crippen LogP contribution in [0.1, 0.15) is 60.8 Å². The topological polar surface area (TPSA) is 89.7 Å². The van der Waals surface area contributed by atoms with Gasteiger partial charge in [0.15, 0.2) is 24.9 Å². The van der Waals surface area contributed by atoms with E-state index in [4.69, 9.17) is 19.3 Å². The Bertz CT molecular complexity index is 514. The molecule has 0 aliphatic carbocycles. The third-order valence-electron chi connectivity index (χ3n) is 6.21. The molecule has 2 fully saturated rings. The molecule has 11 atom stereocenters. The number of halogens is 3. The van der Waals surface area contributed by atoms with Gasteiger partial charge in [-0.2, -0.15) is 0 Å². The number of hydrogen-bond acceptors (Lipinski definition) is 7. The van der Waals surface area contributed by atoms with Crippen LogP contribution < -0.4 is 0 Å². The maximum atomic E-state index is 13.2. The lowest BCUT2D eigenvalue weighted by molar-refractivity contribution is -0.135. The van der Waals surface area contributed by atoms with Crippen molar-refractivity contribution in [1.82, 2.24) is 0 Å². The Kier molecular flexibility index (Phi) is 16.2. The van der Waals surface area contributed by atoms with Gasteiger partial charge < -0.3 is 29.3 Å². The minimum Gasteiger partial charge on any atom is -0.399 e. The SMILES string of the molecule is CC[C@@H](O)[C@@H](C)[C@H](F)C=NOC.CC[C@H]1OC(O)[C@@H](F)[C@@H]1C.CC[C@H]1OC(OC)[C@@H](F)[C@@H]1C. The highest BCUT2D eigenvalue weighted by Gasteiger charge is 2.41. The number of ether oxygens (including phenoxy) is 3. The first-order chi connectivity index (χ1) is 15.5. The molecule has 0 saturated carbocycles. The van der Waals surface area contributed by atoms with Crippen molar-refractivity contribution < 1.29 is 42.4 Å². The van der Waals surface area contributed by atoms with E-state index in [1.807, 2.05) is 20.8 Å². The summed E-state index contributed by atoms with van der Waals surface area (Å²) in [6.07, 6.45) is -2.75. The summed E-state index contributed by atoms with van der Waals surface area (Å²) in [5.41, 5.74) is 0. The highest BCUT2D eigenvalue weighted by Crippen LogP contribution is 2.31. The van der Waals surface area contributed by atoms with Gasteiger partial charge >= 0.3 is 0 Å². The van der Waals surface area contributed by atoms with E-state index in [2.05, 4.69) is 9.99 Å². The molecule has 10 heteroatoms. The van der Waals surface area contributed by atoms with Crippen molar-refractivity contribution in [3.05, 3.63) is 0 Å². The third-order valence-corrected chi connectivity index (χ3v) is 6.21. The molecule has 7 nitrogen and oxygen atoms in total. The number of methoxy groups -OCH3 is 1. The van der Waals surface area contributed by atoms with Gasteiger partial charge in [-0.3, -0.25) is 0 Å². The van der Waals surface area contributed by atoms with Crippen molar-refractivity contribution in [1.29, 1.82) is 0 Å². The smallest absolute Gasteiger partial charge is 0.189 e. The Morgan fingerprint density at radius 3 is 1.82 bits per heavy atom. The Morgan fingerprint density at radius 2 is 1.52 bits per heavy atom. The van der Waals surface area contributed by atoms with Gasteiger partial charge in [0, 0.05) is 24.9 Å². The van der Waals surface area contributed by atoms with Gasteiger partial charge in [-0.15, -0.1) is 0 Å². The number of aliphatic hydroxyl groups is 2. The molecule has 33 heavy (non-hydrogen) atoms. The first-order valence-electron chi connectivity index (χ1n) is 11.7. The zero-order chi connectivity index (χ0) is 25.7. The number of hydrogen-bond donors (Lipinski definition) is 2. The van der Waals surface area contributed by atoms with E-state index in [0.29, 0.717) is 6.42 Å². The van der Waals surface area contributed by atoms with Gasteiger partial charge in [0.05, 0.1) is 24.5 Å². The van der Waals surface area contributed by atoms with Crippen LogP contribution in [-0.2, 0) is 19.0 Å². The Balaban J connectivity index is 0.000000467. The van der Waals surface area contributed by atoms with E-state index >= 15 is 0 Å². The van der Waals surface area contributed by atoms with Gasteiger partial charge in [-0.1, -0.05) is 46.7 Å². The van der Waals surface area contributed by atoms with Crippen molar-refractivity contribution in [2.24, 2.45) is 22.9 Å². The van der Waals surface area contributed by atoms with E-state index < -0.39 is 43.1 Å². The summed E-state index contributed by atoms with van der Waals surface area (Å²) in [7, 11) is 2.83. The third kappa shape index (κ3) is 10.1. The highest BCUT2D eigenvalue weighted by atomic mass is 19.1. The summed E-state index contributed by atoms with van der Waals surface area (Å²) in [5.74, 6) is -0.640. The molecule has 0 aromatic rings. The van der Waals surface area contributed by atoms with Gasteiger partial charge in [-0.05, 0) is 19.3 Å². The average Bonchev–Trinajstić information content (AvgIpc) is 3.25. The van der Waals surface area contributed by atoms with Gasteiger partial charge in [0.1, 0.15) is 13.3 Å². The zero-order valence-corrected chi connectivity index (χ0v) is 21.2. The fourth-order valence-corrected chi connectivity index (χ4v) is 3.63. The van der Waals surface area contributed by atoms with Gasteiger partial charge in [0.25, 0.3) is 0 Å². The molecule has 0 aromatic heterocycles. The van der Waals surface area contributed by atoms with Crippen molar-refractivity contribution in [3.8, 4) is 0 Å². The summed E-state index contributed by atoms with van der Waals surface area (Å²) >= 11 is 0. The van der Waals surface area contributed by atoms with Crippen LogP contribution in [-0.4, -0.2) is 80.1 Å². The zero-order valence-electron chi connectivity index (χ0n) is 21.2. The normalized spacial score (nSPS) is 36.4. The number of nitrogens with zero attached hydrogens (tertiary/aromatic N) is 1. The Morgan fingerprint density at radius 1 is 1.00 bits per heavy atom. The van der Waals surface area contributed by atoms with E-state index in [1.54, 1.807) is 20.8 Å². The maximum Gasteiger partial charge on any atom is 0.189 e. The molecule has 0 bridgehead atoms. The molecule has 2 aliphatic rings. The first-order valence-corrected chi connectivity index (χ1v) is 11.7. The largest absolute Gasteiger partial charge is 0.399 e. The quantitative estimate of drug-likeness (QED) is 0.394. The number of rotatable bonds is 8. The summed E-state index contributed by atoms with van der Waals surface area (Å²) in [4.78, 5) is 4.32. The Hall–Kier alpha value is -0.940. The van der Waals surface area contributed by atoms with Gasteiger partial charge in [0.2, 0.25) is 0 Å². The Labute approximate surface area is 196 Å². The molecule has 2 aliphatic heterocycles. The van der Waals surface area contributed by atoms with Crippen LogP contribution in [0, 0.1) is 17.8 Å². The molecule has 198 valence electrons. The molecular weight excluding hydrogens is 443 g/mol. The molecule has 0 radical (unpaired) electrons. The average molecular weight is 488 g/mol. The van der Waals surface area contributed by atoms with Crippen LogP contribution in [0.25, 0.3) is 0 Å². The van der Waals surface area contributed by atoms with Crippen LogP contribution in [0.5, 0.6) is 0 Å². The standard InChI is InChI=1S/C8H16FNO2.C8H15FO2.C7H13FO2/c1-4-8(11)6(2)7(9)5-10-12-3;1-4-6-5(2)7(9)8(10-3)11-6;1-3-5-4(2)6(8)7(9)10-5/h5-8,11H,4H2,1-3H3;5-8H,4H2,1-3H3;4-7,9H,3H2,1-2H3/t6-,7+,8+;5-,6-,7+,8?;4-,5-,6+,7?/m011/s1. The van der Waals surface area contributed by atoms with E-state index in [-0.39, 0.29) is 24.0 Å². The van der Waals surface area contributed by atoms with Crippen LogP contribution in [0.4, 0.5) is 13.2 Å². The summed E-state index contributed by atoms with van der Waals surface area (Å²) in [5, 5.41) is 21.4. The molecule has 0 amide bonds. The fraction of sp³-hybridized carbons (Fsp3) is 0.957. The van der Waals surface area contributed by atoms with Crippen molar-refractivity contribution in [2.75, 3.05) is 14.2 Å². The lowest BCUT2D eigenvalue weighted by atomic mass is 9.98. The van der Waals surface area contributed by atoms with E-state index in [1.165, 1.54) is 14.2 Å². The van der Waals surface area contributed by atoms with Crippen molar-refractivity contribution in [2.45, 2.75) is 110 Å². The summed E-state index contributed by atoms with van der Waals surface area (Å²) in [6, 6.07) is 0. The second-order valence-corrected chi connectivity index (χ2v) is 8.48. The van der Waals surface area contributed by atoms with Crippen LogP contribution in [0.15, 0.2) is 5.16 Å². The van der Waals surface area contributed by atoms with Crippen molar-refractivity contribution in [3.63, 3.8) is 0 Å². The first kappa shape index (κ1) is 32.1. The second kappa shape index (κ2) is 16.6. The molecule has 2 rings (SSSR count). The maximum absolute atomic E-state index is 13.2. The highest BCUT2D eigenvalue weighted by molar-refractivity contribution is 5.62. The predicted molar refractivity (Wildman–Crippen MR) is 121 cm³/mol. The molecule has 0 aromatic carbocycles. The number of aliphatic hydroxyl groups excluding tert-OH is 2. The molecule has 2 heterocycles. The minimum atomic E-state index is -1.25. The number of alkyl halides is 3. The van der Waals surface area contributed by atoms with Crippen LogP contribution in [0.3, 0.4) is 0 Å². The predicted octanol–water partition coefficient (Wildman–Crippen LogP) is 4.19. The number of oxime groups is 1. The lowest BCUT2D eigenvalue weighted by Crippen LogP contribution is -2.27. The fourth-order valence-electron chi connectivity index (χ4n) is 3.63. The minimum absolute atomic E-state index is 0.0231. The summed E-state index contributed by atoms with van der Waals surface area (Å²) < 4.78 is 54.0. The molecule has 2 unspecified atom stereocenters. The molecule has 2 saturated heterocycles. The monoisotopic (exact) mass is 487 g/mol. The molecule has 2 N–H and O–H groups in total. The van der Waals surface area contributed by atoms with Crippen molar-refractivity contribution >= 4 is 6.21 Å². The van der Waals surface area contributed by atoms with Crippen LogP contribution >= 0.6 is 0 Å². The molecular formula is C23H44F3NO6. The summed E-state index contributed by atoms with van der Waals surface area (Å²) in [6.45, 7) is 11.0.